The number of anilines is 1. The Hall–Kier alpha value is -3.42. The van der Waals surface area contributed by atoms with Gasteiger partial charge in [0.15, 0.2) is 12.4 Å². The molecule has 0 heterocycles. The lowest BCUT2D eigenvalue weighted by Gasteiger charge is -2.08. The van der Waals surface area contributed by atoms with Crippen LogP contribution in [-0.2, 0) is 16.0 Å². The van der Waals surface area contributed by atoms with Gasteiger partial charge in [0.25, 0.3) is 5.91 Å². The van der Waals surface area contributed by atoms with Gasteiger partial charge in [-0.25, -0.2) is 0 Å². The highest BCUT2D eigenvalue weighted by atomic mass is 16.6. The number of carbonyl (C=O) groups is 2. The summed E-state index contributed by atoms with van der Waals surface area (Å²) < 4.78 is 5.17. The van der Waals surface area contributed by atoms with Gasteiger partial charge in [-0.3, -0.25) is 14.9 Å². The van der Waals surface area contributed by atoms with Crippen molar-refractivity contribution < 1.29 is 24.4 Å². The van der Waals surface area contributed by atoms with Crippen LogP contribution in [-0.4, -0.2) is 23.4 Å². The lowest BCUT2D eigenvalue weighted by atomic mass is 10.1. The smallest absolute Gasteiger partial charge is 0.310 e. The summed E-state index contributed by atoms with van der Waals surface area (Å²) in [5.74, 6) is -1.69. The number of amides is 1. The van der Waals surface area contributed by atoms with Gasteiger partial charge >= 0.3 is 5.69 Å². The molecule has 8 nitrogen and oxygen atoms in total. The Kier molecular flexibility index (Phi) is 5.45. The molecule has 0 bridgehead atoms. The van der Waals surface area contributed by atoms with Crippen molar-refractivity contribution in [3.63, 3.8) is 0 Å². The fraction of sp³-hybridized carbons (Fsp3) is 0.125. The van der Waals surface area contributed by atoms with Crippen LogP contribution in [0, 0.1) is 10.1 Å². The quantitative estimate of drug-likeness (QED) is 0.595. The monoisotopic (exact) mass is 329 g/mol. The molecule has 124 valence electrons. The number of rotatable bonds is 7. The molecule has 24 heavy (non-hydrogen) atoms. The first-order valence-electron chi connectivity index (χ1n) is 6.90. The van der Waals surface area contributed by atoms with E-state index in [1.54, 1.807) is 30.3 Å². The van der Waals surface area contributed by atoms with Crippen LogP contribution in [0.1, 0.15) is 5.56 Å². The lowest BCUT2D eigenvalue weighted by molar-refractivity contribution is -0.385. The van der Waals surface area contributed by atoms with Gasteiger partial charge in [-0.15, -0.1) is 0 Å². The molecule has 0 aliphatic rings. The molecule has 2 rings (SSSR count). The molecule has 0 unspecified atom stereocenters. The van der Waals surface area contributed by atoms with Gasteiger partial charge in [0, 0.05) is 24.1 Å². The molecule has 0 atom stereocenters. The first-order chi connectivity index (χ1) is 11.5. The minimum Gasteiger partial charge on any atom is -0.550 e. The number of carboxylic acid groups (broad SMARTS) is 1. The van der Waals surface area contributed by atoms with E-state index in [2.05, 4.69) is 5.32 Å². The molecule has 8 heteroatoms. The Balaban J connectivity index is 1.92. The van der Waals surface area contributed by atoms with E-state index in [4.69, 9.17) is 4.74 Å². The largest absolute Gasteiger partial charge is 0.550 e. The van der Waals surface area contributed by atoms with Crippen molar-refractivity contribution in [1.29, 1.82) is 0 Å². The SMILES string of the molecule is O=C([O-])Cc1ccc(NC(=O)COc2ccccc2[N+](=O)[O-])cc1. The van der Waals surface area contributed by atoms with E-state index in [1.165, 1.54) is 18.2 Å². The van der Waals surface area contributed by atoms with Crippen molar-refractivity contribution in [1.82, 2.24) is 0 Å². The van der Waals surface area contributed by atoms with Crippen molar-refractivity contribution in [3.8, 4) is 5.75 Å². The van der Waals surface area contributed by atoms with Crippen LogP contribution in [0.25, 0.3) is 0 Å². The number of nitrogens with one attached hydrogen (secondary N) is 1. The number of para-hydroxylation sites is 2. The Morgan fingerprint density at radius 1 is 1.08 bits per heavy atom. The maximum atomic E-state index is 11.8. The number of hydrogen-bond acceptors (Lipinski definition) is 6. The van der Waals surface area contributed by atoms with Crippen LogP contribution in [0.5, 0.6) is 5.75 Å². The summed E-state index contributed by atoms with van der Waals surface area (Å²) in [5.41, 5.74) is 0.773. The van der Waals surface area contributed by atoms with Gasteiger partial charge in [0.05, 0.1) is 4.92 Å². The maximum absolute atomic E-state index is 11.8. The normalized spacial score (nSPS) is 10.0. The van der Waals surface area contributed by atoms with Crippen molar-refractivity contribution in [2.75, 3.05) is 11.9 Å². The zero-order chi connectivity index (χ0) is 17.5. The van der Waals surface area contributed by atoms with E-state index in [-0.39, 0.29) is 17.9 Å². The van der Waals surface area contributed by atoms with Gasteiger partial charge in [0.2, 0.25) is 0 Å². The molecule has 0 aliphatic carbocycles. The Bertz CT molecular complexity index is 757. The van der Waals surface area contributed by atoms with Gasteiger partial charge in [-0.1, -0.05) is 24.3 Å². The average molecular weight is 329 g/mol. The number of nitrogens with zero attached hydrogens (tertiary/aromatic N) is 1. The highest BCUT2D eigenvalue weighted by Gasteiger charge is 2.14. The predicted molar refractivity (Wildman–Crippen MR) is 82.4 cm³/mol. The van der Waals surface area contributed by atoms with Crippen LogP contribution in [0.3, 0.4) is 0 Å². The van der Waals surface area contributed by atoms with Crippen LogP contribution in [0.2, 0.25) is 0 Å². The molecule has 0 fully saturated rings. The van der Waals surface area contributed by atoms with Crippen LogP contribution in [0.15, 0.2) is 48.5 Å². The summed E-state index contributed by atoms with van der Waals surface area (Å²) in [6.07, 6.45) is -0.213. The summed E-state index contributed by atoms with van der Waals surface area (Å²) in [6, 6.07) is 11.9. The van der Waals surface area contributed by atoms with Crippen molar-refractivity contribution in [2.45, 2.75) is 6.42 Å². The Labute approximate surface area is 136 Å². The lowest BCUT2D eigenvalue weighted by Crippen LogP contribution is -2.24. The topological polar surface area (TPSA) is 122 Å². The first-order valence-corrected chi connectivity index (χ1v) is 6.90. The second kappa shape index (κ2) is 7.73. The fourth-order valence-electron chi connectivity index (χ4n) is 1.94. The summed E-state index contributed by atoms with van der Waals surface area (Å²) in [6.45, 7) is -0.397. The third-order valence-corrected chi connectivity index (χ3v) is 3.01. The van der Waals surface area contributed by atoms with Gasteiger partial charge in [-0.2, -0.15) is 0 Å². The van der Waals surface area contributed by atoms with Gasteiger partial charge in [-0.05, 0) is 23.8 Å². The number of hydrogen-bond donors (Lipinski definition) is 1. The average Bonchev–Trinajstić information content (AvgIpc) is 2.54. The summed E-state index contributed by atoms with van der Waals surface area (Å²) in [7, 11) is 0. The fourth-order valence-corrected chi connectivity index (χ4v) is 1.94. The van der Waals surface area contributed by atoms with E-state index in [0.29, 0.717) is 11.3 Å². The highest BCUT2D eigenvalue weighted by Crippen LogP contribution is 2.25. The van der Waals surface area contributed by atoms with E-state index < -0.39 is 23.4 Å². The molecule has 2 aromatic rings. The van der Waals surface area contributed by atoms with E-state index in [9.17, 15) is 24.8 Å². The van der Waals surface area contributed by atoms with E-state index in [1.807, 2.05) is 0 Å². The summed E-state index contributed by atoms with van der Waals surface area (Å²) >= 11 is 0. The molecular weight excluding hydrogens is 316 g/mol. The standard InChI is InChI=1S/C16H14N2O6/c19-15(10-24-14-4-2-1-3-13(14)18(22)23)17-12-7-5-11(6-8-12)9-16(20)21/h1-8H,9-10H2,(H,17,19)(H,20,21)/p-1. The van der Waals surface area contributed by atoms with Crippen LogP contribution < -0.4 is 15.2 Å². The molecule has 0 saturated carbocycles. The minimum atomic E-state index is -1.19. The summed E-state index contributed by atoms with van der Waals surface area (Å²) in [4.78, 5) is 32.6. The van der Waals surface area contributed by atoms with Crippen molar-refractivity contribution in [2.24, 2.45) is 0 Å². The Morgan fingerprint density at radius 2 is 1.75 bits per heavy atom. The maximum Gasteiger partial charge on any atom is 0.310 e. The molecule has 2 aromatic carbocycles. The zero-order valence-electron chi connectivity index (χ0n) is 12.4. The van der Waals surface area contributed by atoms with Gasteiger partial charge in [0.1, 0.15) is 0 Å². The van der Waals surface area contributed by atoms with E-state index in [0.717, 1.165) is 0 Å². The van der Waals surface area contributed by atoms with E-state index >= 15 is 0 Å². The zero-order valence-corrected chi connectivity index (χ0v) is 12.4. The molecule has 1 amide bonds. The number of benzene rings is 2. The molecule has 1 N–H and O–H groups in total. The van der Waals surface area contributed by atoms with Gasteiger partial charge < -0.3 is 20.0 Å². The van der Waals surface area contributed by atoms with Crippen molar-refractivity contribution >= 4 is 23.3 Å². The number of ether oxygens (including phenoxy) is 1. The third-order valence-electron chi connectivity index (χ3n) is 3.01. The molecule has 0 aromatic heterocycles. The molecule has 0 radical (unpaired) electrons. The van der Waals surface area contributed by atoms with Crippen LogP contribution >= 0.6 is 0 Å². The first kappa shape index (κ1) is 16.9. The second-order valence-corrected chi connectivity index (χ2v) is 4.81. The number of aliphatic carboxylic acids is 1. The summed E-state index contributed by atoms with van der Waals surface area (Å²) in [5, 5.41) is 23.9. The second-order valence-electron chi connectivity index (χ2n) is 4.81. The van der Waals surface area contributed by atoms with Crippen molar-refractivity contribution in [3.05, 3.63) is 64.2 Å². The number of nitro benzene ring substituents is 1. The Morgan fingerprint density at radius 3 is 2.38 bits per heavy atom. The molecular formula is C16H13N2O6-. The third kappa shape index (κ3) is 4.80. The minimum absolute atomic E-state index is 0.00181. The molecule has 0 spiro atoms. The molecule has 0 aliphatic heterocycles. The number of carbonyl (C=O) groups excluding carboxylic acids is 2. The predicted octanol–water partition coefficient (Wildman–Crippen LogP) is 0.905. The number of carboxylic acids is 1. The highest BCUT2D eigenvalue weighted by molar-refractivity contribution is 5.92. The molecule has 0 saturated heterocycles. The van der Waals surface area contributed by atoms with Crippen LogP contribution in [0.4, 0.5) is 11.4 Å². The number of nitro groups is 1.